The molecular formula is C18H27NO5. The lowest BCUT2D eigenvalue weighted by atomic mass is 9.87. The highest BCUT2D eigenvalue weighted by molar-refractivity contribution is 5.30. The summed E-state index contributed by atoms with van der Waals surface area (Å²) >= 11 is 0. The van der Waals surface area contributed by atoms with Gasteiger partial charge in [-0.25, -0.2) is 0 Å². The van der Waals surface area contributed by atoms with E-state index in [2.05, 4.69) is 12.1 Å². The molecule has 0 radical (unpaired) electrons. The van der Waals surface area contributed by atoms with Crippen LogP contribution in [0.4, 0.5) is 0 Å². The van der Waals surface area contributed by atoms with E-state index in [1.54, 1.807) is 14.2 Å². The van der Waals surface area contributed by atoms with Gasteiger partial charge in [0.2, 0.25) is 0 Å². The summed E-state index contributed by atoms with van der Waals surface area (Å²) < 4.78 is 29.0. The Morgan fingerprint density at radius 1 is 1.17 bits per heavy atom. The molecule has 2 heterocycles. The van der Waals surface area contributed by atoms with Crippen molar-refractivity contribution in [3.05, 3.63) is 29.8 Å². The number of hydrogen-bond acceptors (Lipinski definition) is 6. The summed E-state index contributed by atoms with van der Waals surface area (Å²) in [6, 6.07) is 8.00. The zero-order chi connectivity index (χ0) is 17.3. The normalized spacial score (nSPS) is 32.5. The SMILES string of the molecule is COc1ccc([C@@H](CCN)[C@H]2O[C@@H]3OC(C)(C)O[C@@H]3[C@H]2OC)cc1. The third-order valence-electron chi connectivity index (χ3n) is 4.72. The molecule has 2 N–H and O–H groups in total. The molecule has 24 heavy (non-hydrogen) atoms. The van der Waals surface area contributed by atoms with Crippen LogP contribution in [-0.2, 0) is 18.9 Å². The lowest BCUT2D eigenvalue weighted by Crippen LogP contribution is -2.39. The molecule has 2 aliphatic rings. The van der Waals surface area contributed by atoms with Gasteiger partial charge in [0.1, 0.15) is 18.0 Å². The molecule has 1 aromatic carbocycles. The summed E-state index contributed by atoms with van der Waals surface area (Å²) in [5.74, 6) is 0.276. The van der Waals surface area contributed by atoms with E-state index in [4.69, 9.17) is 29.4 Å². The van der Waals surface area contributed by atoms with Crippen LogP contribution in [0.15, 0.2) is 24.3 Å². The fourth-order valence-electron chi connectivity index (χ4n) is 3.65. The van der Waals surface area contributed by atoms with Gasteiger partial charge >= 0.3 is 0 Å². The predicted octanol–water partition coefficient (Wildman–Crippen LogP) is 2.02. The van der Waals surface area contributed by atoms with E-state index >= 15 is 0 Å². The summed E-state index contributed by atoms with van der Waals surface area (Å²) in [5.41, 5.74) is 7.00. The van der Waals surface area contributed by atoms with Gasteiger partial charge in [-0.1, -0.05) is 12.1 Å². The average Bonchev–Trinajstić information content (AvgIpc) is 3.03. The van der Waals surface area contributed by atoms with E-state index in [0.29, 0.717) is 6.54 Å². The number of fused-ring (bicyclic) bond motifs is 1. The Labute approximate surface area is 143 Å². The van der Waals surface area contributed by atoms with Crippen molar-refractivity contribution in [2.75, 3.05) is 20.8 Å². The van der Waals surface area contributed by atoms with Crippen molar-refractivity contribution in [3.8, 4) is 5.75 Å². The summed E-state index contributed by atoms with van der Waals surface area (Å²) in [5, 5.41) is 0. The van der Waals surface area contributed by atoms with Crippen LogP contribution in [0.3, 0.4) is 0 Å². The van der Waals surface area contributed by atoms with E-state index in [1.165, 1.54) is 0 Å². The molecule has 0 bridgehead atoms. The van der Waals surface area contributed by atoms with E-state index in [9.17, 15) is 0 Å². The van der Waals surface area contributed by atoms with Crippen LogP contribution < -0.4 is 10.5 Å². The number of rotatable bonds is 6. The third kappa shape index (κ3) is 3.30. The Balaban J connectivity index is 1.83. The molecule has 0 amide bonds. The lowest BCUT2D eigenvalue weighted by Gasteiger charge is -2.30. The van der Waals surface area contributed by atoms with Gasteiger partial charge in [0.25, 0.3) is 0 Å². The number of methoxy groups -OCH3 is 2. The maximum absolute atomic E-state index is 6.19. The second-order valence-corrected chi connectivity index (χ2v) is 6.73. The van der Waals surface area contributed by atoms with E-state index in [0.717, 1.165) is 17.7 Å². The molecule has 0 saturated carbocycles. The fourth-order valence-corrected chi connectivity index (χ4v) is 3.65. The van der Waals surface area contributed by atoms with Gasteiger partial charge in [-0.05, 0) is 44.5 Å². The molecule has 0 aromatic heterocycles. The Hall–Kier alpha value is -1.18. The van der Waals surface area contributed by atoms with Gasteiger partial charge in [0.05, 0.1) is 13.2 Å². The van der Waals surface area contributed by atoms with E-state index < -0.39 is 12.1 Å². The van der Waals surface area contributed by atoms with Gasteiger partial charge in [-0.2, -0.15) is 0 Å². The van der Waals surface area contributed by atoms with Crippen LogP contribution in [0.25, 0.3) is 0 Å². The maximum atomic E-state index is 6.19. The molecule has 2 aliphatic heterocycles. The average molecular weight is 337 g/mol. The Bertz CT molecular complexity index is 547. The monoisotopic (exact) mass is 337 g/mol. The lowest BCUT2D eigenvalue weighted by molar-refractivity contribution is -0.219. The summed E-state index contributed by atoms with van der Waals surface area (Å²) in [4.78, 5) is 0. The van der Waals surface area contributed by atoms with Crippen LogP contribution in [-0.4, -0.2) is 51.2 Å². The molecule has 5 atom stereocenters. The first-order valence-corrected chi connectivity index (χ1v) is 8.37. The van der Waals surface area contributed by atoms with Crippen molar-refractivity contribution in [2.24, 2.45) is 5.73 Å². The van der Waals surface area contributed by atoms with Crippen LogP contribution in [0.2, 0.25) is 0 Å². The van der Waals surface area contributed by atoms with Crippen molar-refractivity contribution in [1.29, 1.82) is 0 Å². The number of benzene rings is 1. The van der Waals surface area contributed by atoms with Gasteiger partial charge in [-0.3, -0.25) is 0 Å². The molecule has 134 valence electrons. The quantitative estimate of drug-likeness (QED) is 0.856. The summed E-state index contributed by atoms with van der Waals surface area (Å²) in [7, 11) is 3.34. The number of ether oxygens (including phenoxy) is 5. The molecule has 0 spiro atoms. The fraction of sp³-hybridized carbons (Fsp3) is 0.667. The van der Waals surface area contributed by atoms with Gasteiger partial charge < -0.3 is 29.4 Å². The van der Waals surface area contributed by atoms with Crippen molar-refractivity contribution in [2.45, 2.75) is 56.6 Å². The van der Waals surface area contributed by atoms with Gasteiger partial charge in [0.15, 0.2) is 12.1 Å². The van der Waals surface area contributed by atoms with Crippen molar-refractivity contribution in [3.63, 3.8) is 0 Å². The molecule has 0 unspecified atom stereocenters. The van der Waals surface area contributed by atoms with Gasteiger partial charge in [-0.15, -0.1) is 0 Å². The smallest absolute Gasteiger partial charge is 0.190 e. The second kappa shape index (κ2) is 6.98. The van der Waals surface area contributed by atoms with Crippen molar-refractivity contribution in [1.82, 2.24) is 0 Å². The standard InChI is InChI=1S/C18H27NO5/c1-18(2)23-16-15(21-4)14(22-17(16)24-18)13(9-10-19)11-5-7-12(20-3)8-6-11/h5-8,13-17H,9-10,19H2,1-4H3/t13-,14-,15+,16-,17-/m1/s1. The predicted molar refractivity (Wildman–Crippen MR) is 88.9 cm³/mol. The number of hydrogen-bond donors (Lipinski definition) is 1. The summed E-state index contributed by atoms with van der Waals surface area (Å²) in [6.07, 6.45) is -0.213. The molecular weight excluding hydrogens is 310 g/mol. The van der Waals surface area contributed by atoms with Crippen LogP contribution >= 0.6 is 0 Å². The molecule has 6 heteroatoms. The first-order valence-electron chi connectivity index (χ1n) is 8.37. The van der Waals surface area contributed by atoms with Crippen molar-refractivity contribution < 1.29 is 23.7 Å². The minimum Gasteiger partial charge on any atom is -0.497 e. The van der Waals surface area contributed by atoms with Crippen LogP contribution in [0.5, 0.6) is 5.75 Å². The van der Waals surface area contributed by atoms with E-state index in [1.807, 2.05) is 26.0 Å². The largest absolute Gasteiger partial charge is 0.497 e. The first-order chi connectivity index (χ1) is 11.5. The van der Waals surface area contributed by atoms with Crippen molar-refractivity contribution >= 4 is 0 Å². The maximum Gasteiger partial charge on any atom is 0.190 e. The molecule has 6 nitrogen and oxygen atoms in total. The Morgan fingerprint density at radius 2 is 1.88 bits per heavy atom. The highest BCUT2D eigenvalue weighted by Gasteiger charge is 2.56. The minimum atomic E-state index is -0.652. The van der Waals surface area contributed by atoms with Crippen LogP contribution in [0, 0.1) is 0 Å². The molecule has 2 saturated heterocycles. The van der Waals surface area contributed by atoms with Crippen LogP contribution in [0.1, 0.15) is 31.7 Å². The van der Waals surface area contributed by atoms with E-state index in [-0.39, 0.29) is 24.2 Å². The summed E-state index contributed by atoms with van der Waals surface area (Å²) in [6.45, 7) is 4.34. The highest BCUT2D eigenvalue weighted by Crippen LogP contribution is 2.43. The molecule has 2 fully saturated rings. The zero-order valence-corrected chi connectivity index (χ0v) is 14.7. The zero-order valence-electron chi connectivity index (χ0n) is 14.7. The first kappa shape index (κ1) is 17.6. The second-order valence-electron chi connectivity index (χ2n) is 6.73. The van der Waals surface area contributed by atoms with Gasteiger partial charge in [0, 0.05) is 13.0 Å². The topological polar surface area (TPSA) is 72.2 Å². The Kier molecular flexibility index (Phi) is 5.13. The minimum absolute atomic E-state index is 0.103. The molecule has 0 aliphatic carbocycles. The molecule has 1 aromatic rings. The third-order valence-corrected chi connectivity index (χ3v) is 4.72. The molecule has 3 rings (SSSR count). The Morgan fingerprint density at radius 3 is 2.46 bits per heavy atom. The highest BCUT2D eigenvalue weighted by atomic mass is 16.8. The number of nitrogens with two attached hydrogens (primary N) is 1.